The van der Waals surface area contributed by atoms with Crippen molar-refractivity contribution in [1.29, 1.82) is 0 Å². The summed E-state index contributed by atoms with van der Waals surface area (Å²) in [4.78, 5) is 24.5. The molecule has 1 heterocycles. The molecule has 0 aromatic rings. The molecule has 1 rings (SSSR count). The molecule has 16 heavy (non-hydrogen) atoms. The average Bonchev–Trinajstić information content (AvgIpc) is 2.63. The molecule has 1 unspecified atom stereocenters. The average molecular weight is 222 g/mol. The van der Waals surface area contributed by atoms with Gasteiger partial charge in [-0.1, -0.05) is 12.2 Å². The van der Waals surface area contributed by atoms with Crippen LogP contribution in [0, 0.1) is 0 Å². The molecule has 0 spiro atoms. The Bertz CT molecular complexity index is 289. The standard InChI is InChI=1S/C12H18N2O2/c1-3-7-14(8-4-2)12(16)9-10-5-6-11(15)13-10/h3-4,10H,1-2,5-9H2,(H,13,15). The molecule has 0 aromatic carbocycles. The molecule has 0 aliphatic carbocycles. The van der Waals surface area contributed by atoms with Gasteiger partial charge in [-0.05, 0) is 6.42 Å². The van der Waals surface area contributed by atoms with E-state index in [1.807, 2.05) is 0 Å². The van der Waals surface area contributed by atoms with Crippen LogP contribution < -0.4 is 5.32 Å². The second kappa shape index (κ2) is 6.10. The van der Waals surface area contributed by atoms with Crippen LogP contribution in [-0.4, -0.2) is 35.8 Å². The van der Waals surface area contributed by atoms with Crippen molar-refractivity contribution in [3.63, 3.8) is 0 Å². The van der Waals surface area contributed by atoms with E-state index in [2.05, 4.69) is 18.5 Å². The van der Waals surface area contributed by atoms with Crippen molar-refractivity contribution in [1.82, 2.24) is 10.2 Å². The Morgan fingerprint density at radius 3 is 2.50 bits per heavy atom. The highest BCUT2D eigenvalue weighted by Gasteiger charge is 2.24. The lowest BCUT2D eigenvalue weighted by Crippen LogP contribution is -2.36. The molecule has 1 N–H and O–H groups in total. The van der Waals surface area contributed by atoms with Gasteiger partial charge in [0.05, 0.1) is 0 Å². The van der Waals surface area contributed by atoms with Crippen molar-refractivity contribution in [2.45, 2.75) is 25.3 Å². The van der Waals surface area contributed by atoms with E-state index in [-0.39, 0.29) is 17.9 Å². The van der Waals surface area contributed by atoms with Crippen molar-refractivity contribution >= 4 is 11.8 Å². The zero-order valence-corrected chi connectivity index (χ0v) is 9.45. The summed E-state index contributed by atoms with van der Waals surface area (Å²) in [5, 5.41) is 2.79. The van der Waals surface area contributed by atoms with Gasteiger partial charge in [-0.15, -0.1) is 13.2 Å². The molecule has 0 bridgehead atoms. The first kappa shape index (κ1) is 12.5. The highest BCUT2D eigenvalue weighted by molar-refractivity contribution is 5.82. The summed E-state index contributed by atoms with van der Waals surface area (Å²) < 4.78 is 0. The summed E-state index contributed by atoms with van der Waals surface area (Å²) in [5.41, 5.74) is 0. The minimum absolute atomic E-state index is 0.00266. The van der Waals surface area contributed by atoms with E-state index in [0.717, 1.165) is 6.42 Å². The lowest BCUT2D eigenvalue weighted by atomic mass is 10.1. The number of carbonyl (C=O) groups is 2. The first-order chi connectivity index (χ1) is 7.67. The number of nitrogens with zero attached hydrogens (tertiary/aromatic N) is 1. The number of hydrogen-bond donors (Lipinski definition) is 1. The van der Waals surface area contributed by atoms with Gasteiger partial charge < -0.3 is 10.2 Å². The fourth-order valence-electron chi connectivity index (χ4n) is 1.76. The van der Waals surface area contributed by atoms with Crippen LogP contribution in [-0.2, 0) is 9.59 Å². The molecule has 0 radical (unpaired) electrons. The summed E-state index contributed by atoms with van der Waals surface area (Å²) >= 11 is 0. The summed E-state index contributed by atoms with van der Waals surface area (Å²) in [5.74, 6) is 0.0730. The molecular formula is C12H18N2O2. The van der Waals surface area contributed by atoms with Gasteiger partial charge in [-0.3, -0.25) is 9.59 Å². The van der Waals surface area contributed by atoms with Crippen LogP contribution in [0.2, 0.25) is 0 Å². The Morgan fingerprint density at radius 1 is 1.44 bits per heavy atom. The highest BCUT2D eigenvalue weighted by atomic mass is 16.2. The van der Waals surface area contributed by atoms with E-state index in [1.165, 1.54) is 0 Å². The molecule has 0 saturated carbocycles. The molecule has 0 aromatic heterocycles. The molecule has 1 aliphatic heterocycles. The third-order valence-corrected chi connectivity index (χ3v) is 2.56. The minimum atomic E-state index is -0.00266. The van der Waals surface area contributed by atoms with Gasteiger partial charge >= 0.3 is 0 Å². The number of nitrogens with one attached hydrogen (secondary N) is 1. The van der Waals surface area contributed by atoms with E-state index in [4.69, 9.17) is 0 Å². The van der Waals surface area contributed by atoms with Gasteiger partial charge in [0.15, 0.2) is 0 Å². The predicted molar refractivity (Wildman–Crippen MR) is 62.8 cm³/mol. The first-order valence-electron chi connectivity index (χ1n) is 5.46. The Balaban J connectivity index is 2.44. The van der Waals surface area contributed by atoms with E-state index < -0.39 is 0 Å². The maximum atomic E-state index is 11.9. The SMILES string of the molecule is C=CCN(CC=C)C(=O)CC1CCC(=O)N1. The second-order valence-electron chi connectivity index (χ2n) is 3.88. The van der Waals surface area contributed by atoms with Crippen LogP contribution in [0.1, 0.15) is 19.3 Å². The van der Waals surface area contributed by atoms with Gasteiger partial charge in [-0.25, -0.2) is 0 Å². The molecule has 2 amide bonds. The Hall–Kier alpha value is -1.58. The van der Waals surface area contributed by atoms with Crippen molar-refractivity contribution in [3.05, 3.63) is 25.3 Å². The van der Waals surface area contributed by atoms with Crippen molar-refractivity contribution < 1.29 is 9.59 Å². The van der Waals surface area contributed by atoms with E-state index in [0.29, 0.717) is 25.9 Å². The van der Waals surface area contributed by atoms with E-state index >= 15 is 0 Å². The minimum Gasteiger partial charge on any atom is -0.353 e. The lowest BCUT2D eigenvalue weighted by Gasteiger charge is -2.21. The predicted octanol–water partition coefficient (Wildman–Crippen LogP) is 0.856. The lowest BCUT2D eigenvalue weighted by molar-refractivity contribution is -0.130. The maximum absolute atomic E-state index is 11.9. The van der Waals surface area contributed by atoms with Crippen LogP contribution in [0.15, 0.2) is 25.3 Å². The summed E-state index contributed by atoms with van der Waals surface area (Å²) in [6.07, 6.45) is 5.03. The highest BCUT2D eigenvalue weighted by Crippen LogP contribution is 2.11. The van der Waals surface area contributed by atoms with E-state index in [9.17, 15) is 9.59 Å². The summed E-state index contributed by atoms with van der Waals surface area (Å²) in [6.45, 7) is 8.26. The van der Waals surface area contributed by atoms with Crippen LogP contribution in [0.25, 0.3) is 0 Å². The normalized spacial score (nSPS) is 19.0. The zero-order valence-electron chi connectivity index (χ0n) is 9.45. The quantitative estimate of drug-likeness (QED) is 0.677. The topological polar surface area (TPSA) is 49.4 Å². The van der Waals surface area contributed by atoms with Crippen LogP contribution in [0.3, 0.4) is 0 Å². The maximum Gasteiger partial charge on any atom is 0.225 e. The Morgan fingerprint density at radius 2 is 2.06 bits per heavy atom. The van der Waals surface area contributed by atoms with Gasteiger partial charge in [-0.2, -0.15) is 0 Å². The number of hydrogen-bond acceptors (Lipinski definition) is 2. The molecule has 4 heteroatoms. The first-order valence-corrected chi connectivity index (χ1v) is 5.46. The fourth-order valence-corrected chi connectivity index (χ4v) is 1.76. The van der Waals surface area contributed by atoms with Crippen LogP contribution in [0.4, 0.5) is 0 Å². The molecule has 88 valence electrons. The van der Waals surface area contributed by atoms with Crippen LogP contribution in [0.5, 0.6) is 0 Å². The molecule has 1 aliphatic rings. The summed E-state index contributed by atoms with van der Waals surface area (Å²) in [7, 11) is 0. The molecule has 1 saturated heterocycles. The van der Waals surface area contributed by atoms with E-state index in [1.54, 1.807) is 17.1 Å². The third kappa shape index (κ3) is 3.53. The fraction of sp³-hybridized carbons (Fsp3) is 0.500. The van der Waals surface area contributed by atoms with Gasteiger partial charge in [0.25, 0.3) is 0 Å². The molecule has 1 atom stereocenters. The van der Waals surface area contributed by atoms with Crippen molar-refractivity contribution in [2.24, 2.45) is 0 Å². The molecular weight excluding hydrogens is 204 g/mol. The second-order valence-corrected chi connectivity index (χ2v) is 3.88. The van der Waals surface area contributed by atoms with Gasteiger partial charge in [0.2, 0.25) is 11.8 Å². The van der Waals surface area contributed by atoms with Crippen LogP contribution >= 0.6 is 0 Å². The zero-order chi connectivity index (χ0) is 12.0. The van der Waals surface area contributed by atoms with Gasteiger partial charge in [0.1, 0.15) is 0 Å². The number of amides is 2. The monoisotopic (exact) mass is 222 g/mol. The number of carbonyl (C=O) groups excluding carboxylic acids is 2. The number of rotatable bonds is 6. The largest absolute Gasteiger partial charge is 0.353 e. The smallest absolute Gasteiger partial charge is 0.225 e. The Kier molecular flexibility index (Phi) is 4.76. The Labute approximate surface area is 96.0 Å². The van der Waals surface area contributed by atoms with Crippen molar-refractivity contribution in [2.75, 3.05) is 13.1 Å². The van der Waals surface area contributed by atoms with Gasteiger partial charge in [0, 0.05) is 32.0 Å². The third-order valence-electron chi connectivity index (χ3n) is 2.56. The molecule has 1 fully saturated rings. The summed E-state index contributed by atoms with van der Waals surface area (Å²) in [6, 6.07) is -0.00266. The van der Waals surface area contributed by atoms with Crippen molar-refractivity contribution in [3.8, 4) is 0 Å². The molecule has 4 nitrogen and oxygen atoms in total.